The van der Waals surface area contributed by atoms with E-state index in [0.29, 0.717) is 25.3 Å². The van der Waals surface area contributed by atoms with E-state index in [1.165, 1.54) is 17.5 Å². The number of aromatic nitrogens is 3. The number of carbonyl (C=O) groups excluding carboxylic acids is 1. The van der Waals surface area contributed by atoms with Gasteiger partial charge in [-0.1, -0.05) is 6.07 Å². The number of nitriles is 1. The van der Waals surface area contributed by atoms with Gasteiger partial charge in [0, 0.05) is 44.1 Å². The lowest BCUT2D eigenvalue weighted by Gasteiger charge is -2.33. The summed E-state index contributed by atoms with van der Waals surface area (Å²) in [6, 6.07) is 11.9. The molecule has 1 amide bonds. The van der Waals surface area contributed by atoms with Gasteiger partial charge >= 0.3 is 0 Å². The van der Waals surface area contributed by atoms with Gasteiger partial charge in [0.1, 0.15) is 11.2 Å². The van der Waals surface area contributed by atoms with Crippen LogP contribution in [0.1, 0.15) is 51.7 Å². The van der Waals surface area contributed by atoms with Crippen molar-refractivity contribution >= 4 is 17.7 Å². The molecule has 0 unspecified atom stereocenters. The van der Waals surface area contributed by atoms with Gasteiger partial charge in [-0.15, -0.1) is 0 Å². The summed E-state index contributed by atoms with van der Waals surface area (Å²) < 4.78 is 5.57. The lowest BCUT2D eigenvalue weighted by molar-refractivity contribution is 0.0757. The van der Waals surface area contributed by atoms with Crippen LogP contribution in [0.5, 0.6) is 0 Å². The summed E-state index contributed by atoms with van der Waals surface area (Å²) in [6.07, 6.45) is 5.86. The van der Waals surface area contributed by atoms with E-state index in [9.17, 15) is 10.1 Å². The Bertz CT molecular complexity index is 1400. The molecule has 2 aromatic heterocycles. The zero-order valence-corrected chi connectivity index (χ0v) is 20.9. The minimum Gasteiger partial charge on any atom is -0.375 e. The number of carbonyl (C=O) groups is 1. The number of fused-ring (bicyclic) bond motifs is 2. The van der Waals surface area contributed by atoms with E-state index in [1.54, 1.807) is 6.07 Å². The molecular weight excluding hydrogens is 466 g/mol. The van der Waals surface area contributed by atoms with E-state index in [4.69, 9.17) is 9.72 Å². The Labute approximate surface area is 216 Å². The van der Waals surface area contributed by atoms with Crippen molar-refractivity contribution in [3.05, 3.63) is 76.2 Å². The molecule has 37 heavy (non-hydrogen) atoms. The van der Waals surface area contributed by atoms with Crippen LogP contribution in [0.4, 0.5) is 11.8 Å². The highest BCUT2D eigenvalue weighted by molar-refractivity contribution is 5.94. The largest absolute Gasteiger partial charge is 0.375 e. The van der Waals surface area contributed by atoms with Crippen molar-refractivity contribution in [1.29, 1.82) is 5.26 Å². The first-order chi connectivity index (χ1) is 18.0. The standard InChI is InChI=1S/C28H29N7O2/c1-28(17-29)18-37-16-21-4-3-19(12-24(21)28)26(36)32-14-23-11-22-15-35(10-6-20(22)13-31-23)25-5-7-30-27(33-25)34-8-2-9-34/h3-5,7,11-13H,2,6,8-10,14-16,18H2,1H3,(H,32,36)/t28-/m1/s1. The van der Waals surface area contributed by atoms with Crippen LogP contribution in [0.3, 0.4) is 0 Å². The van der Waals surface area contributed by atoms with Gasteiger partial charge in [-0.2, -0.15) is 10.2 Å². The molecule has 1 N–H and O–H groups in total. The second-order valence-electron chi connectivity index (χ2n) is 10.2. The first-order valence-corrected chi connectivity index (χ1v) is 12.7. The monoisotopic (exact) mass is 495 g/mol. The maximum Gasteiger partial charge on any atom is 0.251 e. The number of hydrogen-bond acceptors (Lipinski definition) is 8. The van der Waals surface area contributed by atoms with Crippen LogP contribution in [0.15, 0.2) is 42.7 Å². The number of hydrogen-bond donors (Lipinski definition) is 1. The second-order valence-corrected chi connectivity index (χ2v) is 10.2. The molecule has 9 nitrogen and oxygen atoms in total. The minimum absolute atomic E-state index is 0.185. The van der Waals surface area contributed by atoms with Gasteiger partial charge in [-0.05, 0) is 66.3 Å². The van der Waals surface area contributed by atoms with E-state index in [-0.39, 0.29) is 5.91 Å². The van der Waals surface area contributed by atoms with Crippen molar-refractivity contribution in [1.82, 2.24) is 20.3 Å². The summed E-state index contributed by atoms with van der Waals surface area (Å²) >= 11 is 0. The SMILES string of the molecule is C[C@@]1(C#N)COCc2ccc(C(=O)NCc3cc4c(cn3)CCN(c3ccnc(N5CCC5)n3)C4)cc21. The molecule has 188 valence electrons. The molecule has 1 saturated heterocycles. The highest BCUT2D eigenvalue weighted by Gasteiger charge is 2.33. The van der Waals surface area contributed by atoms with Gasteiger partial charge in [-0.3, -0.25) is 9.78 Å². The maximum atomic E-state index is 13.0. The number of rotatable bonds is 5. The normalized spacial score (nSPS) is 20.3. The van der Waals surface area contributed by atoms with Crippen LogP contribution in [0, 0.1) is 11.3 Å². The Morgan fingerprint density at radius 3 is 2.84 bits per heavy atom. The Balaban J connectivity index is 1.14. The van der Waals surface area contributed by atoms with Crippen molar-refractivity contribution in [2.75, 3.05) is 36.0 Å². The van der Waals surface area contributed by atoms with Gasteiger partial charge in [0.15, 0.2) is 0 Å². The van der Waals surface area contributed by atoms with Crippen LogP contribution in [0.2, 0.25) is 0 Å². The van der Waals surface area contributed by atoms with Crippen molar-refractivity contribution < 1.29 is 9.53 Å². The quantitative estimate of drug-likeness (QED) is 0.576. The molecule has 9 heteroatoms. The zero-order chi connectivity index (χ0) is 25.4. The molecule has 1 aromatic carbocycles. The minimum atomic E-state index is -0.754. The predicted octanol–water partition coefficient (Wildman–Crippen LogP) is 2.89. The summed E-state index contributed by atoms with van der Waals surface area (Å²) in [6.45, 7) is 6.62. The van der Waals surface area contributed by atoms with Crippen LogP contribution >= 0.6 is 0 Å². The molecule has 6 rings (SSSR count). The number of amides is 1. The van der Waals surface area contributed by atoms with Gasteiger partial charge < -0.3 is 19.9 Å². The molecule has 0 radical (unpaired) electrons. The van der Waals surface area contributed by atoms with Crippen LogP contribution in [-0.2, 0) is 36.3 Å². The third kappa shape index (κ3) is 4.49. The molecular formula is C28H29N7O2. The molecule has 0 spiro atoms. The smallest absolute Gasteiger partial charge is 0.251 e. The van der Waals surface area contributed by atoms with E-state index >= 15 is 0 Å². The summed E-state index contributed by atoms with van der Waals surface area (Å²) in [7, 11) is 0. The first kappa shape index (κ1) is 23.4. The van der Waals surface area contributed by atoms with Gasteiger partial charge in [0.2, 0.25) is 5.95 Å². The third-order valence-electron chi connectivity index (χ3n) is 7.53. The molecule has 3 aromatic rings. The third-order valence-corrected chi connectivity index (χ3v) is 7.53. The number of ether oxygens (including phenoxy) is 1. The van der Waals surface area contributed by atoms with E-state index in [1.807, 2.05) is 37.5 Å². The van der Waals surface area contributed by atoms with E-state index in [0.717, 1.165) is 61.2 Å². The fourth-order valence-electron chi connectivity index (χ4n) is 5.13. The number of anilines is 2. The topological polar surface area (TPSA) is 107 Å². The van der Waals surface area contributed by atoms with Crippen LogP contribution in [-0.4, -0.2) is 47.1 Å². The lowest BCUT2D eigenvalue weighted by atomic mass is 9.79. The molecule has 0 bridgehead atoms. The van der Waals surface area contributed by atoms with E-state index < -0.39 is 5.41 Å². The molecule has 3 aliphatic rings. The van der Waals surface area contributed by atoms with Gasteiger partial charge in [0.25, 0.3) is 5.91 Å². The number of benzene rings is 1. The van der Waals surface area contributed by atoms with Gasteiger partial charge in [0.05, 0.1) is 31.5 Å². The summed E-state index contributed by atoms with van der Waals surface area (Å²) in [5.74, 6) is 1.56. The molecule has 0 aliphatic carbocycles. The van der Waals surface area contributed by atoms with Crippen molar-refractivity contribution in [3.63, 3.8) is 0 Å². The Kier molecular flexibility index (Phi) is 5.97. The number of pyridine rings is 1. The average molecular weight is 496 g/mol. The summed E-state index contributed by atoms with van der Waals surface area (Å²) in [4.78, 5) is 31.3. The molecule has 1 atom stereocenters. The average Bonchev–Trinajstić information content (AvgIpc) is 2.90. The number of nitrogens with zero attached hydrogens (tertiary/aromatic N) is 6. The fraction of sp³-hybridized carbons (Fsp3) is 0.393. The van der Waals surface area contributed by atoms with Crippen LogP contribution in [0.25, 0.3) is 0 Å². The molecule has 0 saturated carbocycles. The predicted molar refractivity (Wildman–Crippen MR) is 138 cm³/mol. The molecule has 1 fully saturated rings. The lowest BCUT2D eigenvalue weighted by Crippen LogP contribution is -2.39. The van der Waals surface area contributed by atoms with Crippen molar-refractivity contribution in [2.24, 2.45) is 0 Å². The first-order valence-electron chi connectivity index (χ1n) is 12.7. The highest BCUT2D eigenvalue weighted by atomic mass is 16.5. The summed E-state index contributed by atoms with van der Waals surface area (Å²) in [5.41, 5.74) is 4.84. The van der Waals surface area contributed by atoms with Gasteiger partial charge in [-0.25, -0.2) is 4.98 Å². The van der Waals surface area contributed by atoms with Crippen molar-refractivity contribution in [2.45, 2.75) is 44.9 Å². The second kappa shape index (κ2) is 9.45. The summed E-state index contributed by atoms with van der Waals surface area (Å²) in [5, 5.41) is 12.7. The fourth-order valence-corrected chi connectivity index (χ4v) is 5.13. The zero-order valence-electron chi connectivity index (χ0n) is 20.9. The number of nitrogens with one attached hydrogen (secondary N) is 1. The van der Waals surface area contributed by atoms with Crippen molar-refractivity contribution in [3.8, 4) is 6.07 Å². The Hall–Kier alpha value is -4.03. The maximum absolute atomic E-state index is 13.0. The van der Waals surface area contributed by atoms with E-state index in [2.05, 4.69) is 37.2 Å². The Morgan fingerprint density at radius 1 is 1.14 bits per heavy atom. The van der Waals surface area contributed by atoms with Crippen LogP contribution < -0.4 is 15.1 Å². The Morgan fingerprint density at radius 2 is 2.03 bits per heavy atom. The highest BCUT2D eigenvalue weighted by Crippen LogP contribution is 2.32. The molecule has 3 aliphatic heterocycles. The molecule has 5 heterocycles.